The van der Waals surface area contributed by atoms with E-state index in [4.69, 9.17) is 11.6 Å². The van der Waals surface area contributed by atoms with Gasteiger partial charge in [-0.15, -0.1) is 0 Å². The number of hydrogen-bond donors (Lipinski definition) is 0. The van der Waals surface area contributed by atoms with Crippen molar-refractivity contribution in [2.24, 2.45) is 0 Å². The highest BCUT2D eigenvalue weighted by molar-refractivity contribution is 6.30. The molecule has 2 aromatic carbocycles. The monoisotopic (exact) mass is 397 g/mol. The molecule has 4 rings (SSSR count). The van der Waals surface area contributed by atoms with Crippen LogP contribution in [0, 0.1) is 6.92 Å². The minimum Gasteiger partial charge on any atom is -0.368 e. The van der Waals surface area contributed by atoms with Crippen LogP contribution in [-0.2, 0) is 4.79 Å². The summed E-state index contributed by atoms with van der Waals surface area (Å²) in [4.78, 5) is 30.7. The zero-order valence-corrected chi connectivity index (χ0v) is 16.8. The van der Waals surface area contributed by atoms with Gasteiger partial charge in [0.2, 0.25) is 5.91 Å². The van der Waals surface area contributed by atoms with Crippen LogP contribution in [0.4, 0.5) is 11.4 Å². The second-order valence-corrected chi connectivity index (χ2v) is 7.84. The molecule has 6 heteroatoms. The van der Waals surface area contributed by atoms with Gasteiger partial charge in [-0.2, -0.15) is 0 Å². The van der Waals surface area contributed by atoms with Crippen LogP contribution >= 0.6 is 11.6 Å². The number of carbonyl (C=O) groups is 2. The fourth-order valence-electron chi connectivity index (χ4n) is 4.01. The van der Waals surface area contributed by atoms with E-state index in [9.17, 15) is 9.59 Å². The van der Waals surface area contributed by atoms with E-state index in [0.717, 1.165) is 42.3 Å². The molecule has 0 unspecified atom stereocenters. The van der Waals surface area contributed by atoms with Gasteiger partial charge in [0.25, 0.3) is 5.91 Å². The van der Waals surface area contributed by atoms with Gasteiger partial charge in [-0.25, -0.2) is 0 Å². The predicted molar refractivity (Wildman–Crippen MR) is 112 cm³/mol. The maximum atomic E-state index is 12.9. The third-order valence-corrected chi connectivity index (χ3v) is 5.80. The number of carbonyl (C=O) groups excluding carboxylic acids is 2. The van der Waals surface area contributed by atoms with Crippen molar-refractivity contribution in [2.75, 3.05) is 42.5 Å². The van der Waals surface area contributed by atoms with Crippen LogP contribution in [0.1, 0.15) is 28.8 Å². The van der Waals surface area contributed by atoms with Gasteiger partial charge in [-0.1, -0.05) is 11.6 Å². The highest BCUT2D eigenvalue weighted by Gasteiger charge is 2.24. The summed E-state index contributed by atoms with van der Waals surface area (Å²) >= 11 is 6.06. The standard InChI is InChI=1S/C22H24ClN3O2/c1-16-15-18(23)6-9-20(16)24-11-13-25(14-12-24)22(28)17-4-7-19(8-5-17)26-10-2-3-21(26)27/h4-9,15H,2-3,10-14H2,1H3. The van der Waals surface area contributed by atoms with Crippen LogP contribution in [0.3, 0.4) is 0 Å². The molecule has 0 aliphatic carbocycles. The summed E-state index contributed by atoms with van der Waals surface area (Å²) in [6, 6.07) is 13.4. The van der Waals surface area contributed by atoms with E-state index in [0.29, 0.717) is 25.1 Å². The normalized spacial score (nSPS) is 17.4. The molecule has 2 saturated heterocycles. The van der Waals surface area contributed by atoms with Gasteiger partial charge in [0.1, 0.15) is 0 Å². The molecule has 0 atom stereocenters. The van der Waals surface area contributed by atoms with E-state index in [-0.39, 0.29) is 11.8 Å². The zero-order chi connectivity index (χ0) is 19.7. The second kappa shape index (κ2) is 7.84. The smallest absolute Gasteiger partial charge is 0.253 e. The minimum absolute atomic E-state index is 0.0479. The van der Waals surface area contributed by atoms with Crippen molar-refractivity contribution in [1.82, 2.24) is 4.90 Å². The largest absolute Gasteiger partial charge is 0.368 e. The van der Waals surface area contributed by atoms with E-state index < -0.39 is 0 Å². The first-order chi connectivity index (χ1) is 13.5. The molecule has 146 valence electrons. The molecule has 2 amide bonds. The molecule has 28 heavy (non-hydrogen) atoms. The van der Waals surface area contributed by atoms with Gasteiger partial charge < -0.3 is 14.7 Å². The lowest BCUT2D eigenvalue weighted by atomic mass is 10.1. The molecule has 0 saturated carbocycles. The third-order valence-electron chi connectivity index (χ3n) is 5.57. The van der Waals surface area contributed by atoms with Gasteiger partial charge in [0, 0.05) is 61.1 Å². The molecule has 0 N–H and O–H groups in total. The Hall–Kier alpha value is -2.53. The summed E-state index contributed by atoms with van der Waals surface area (Å²) in [6.45, 7) is 5.80. The Morgan fingerprint density at radius 1 is 0.964 bits per heavy atom. The molecule has 0 bridgehead atoms. The number of benzene rings is 2. The average molecular weight is 398 g/mol. The van der Waals surface area contributed by atoms with Crippen molar-refractivity contribution >= 4 is 34.8 Å². The van der Waals surface area contributed by atoms with Crippen molar-refractivity contribution in [1.29, 1.82) is 0 Å². The van der Waals surface area contributed by atoms with Gasteiger partial charge in [-0.05, 0) is 61.4 Å². The lowest BCUT2D eigenvalue weighted by Crippen LogP contribution is -2.49. The number of amides is 2. The lowest BCUT2D eigenvalue weighted by molar-refractivity contribution is -0.117. The second-order valence-electron chi connectivity index (χ2n) is 7.41. The van der Waals surface area contributed by atoms with Crippen LogP contribution in [0.25, 0.3) is 0 Å². The van der Waals surface area contributed by atoms with E-state index in [1.165, 1.54) is 5.69 Å². The summed E-state index contributed by atoms with van der Waals surface area (Å²) in [7, 11) is 0. The zero-order valence-electron chi connectivity index (χ0n) is 16.0. The molecule has 2 aliphatic heterocycles. The molecule has 5 nitrogen and oxygen atoms in total. The van der Waals surface area contributed by atoms with Crippen molar-refractivity contribution in [3.8, 4) is 0 Å². The topological polar surface area (TPSA) is 43.9 Å². The van der Waals surface area contributed by atoms with Crippen molar-refractivity contribution < 1.29 is 9.59 Å². The van der Waals surface area contributed by atoms with E-state index >= 15 is 0 Å². The van der Waals surface area contributed by atoms with Crippen LogP contribution in [0.15, 0.2) is 42.5 Å². The Morgan fingerprint density at radius 2 is 1.68 bits per heavy atom. The van der Waals surface area contributed by atoms with Crippen LogP contribution in [0.5, 0.6) is 0 Å². The van der Waals surface area contributed by atoms with Crippen molar-refractivity contribution in [3.05, 3.63) is 58.6 Å². The first kappa shape index (κ1) is 18.8. The summed E-state index contributed by atoms with van der Waals surface area (Å²) in [5.41, 5.74) is 3.88. The quantitative estimate of drug-likeness (QED) is 0.792. The maximum absolute atomic E-state index is 12.9. The molecule has 2 aromatic rings. The molecule has 0 aromatic heterocycles. The molecule has 0 radical (unpaired) electrons. The molecular formula is C22H24ClN3O2. The van der Waals surface area contributed by atoms with Gasteiger partial charge in [-0.3, -0.25) is 9.59 Å². The van der Waals surface area contributed by atoms with E-state index in [1.807, 2.05) is 47.4 Å². The summed E-state index contributed by atoms with van der Waals surface area (Å²) in [5, 5.41) is 0.745. The Labute approximate surface area is 170 Å². The number of hydrogen-bond acceptors (Lipinski definition) is 3. The predicted octanol–water partition coefficient (Wildman–Crippen LogP) is 3.74. The molecular weight excluding hydrogens is 374 g/mol. The first-order valence-electron chi connectivity index (χ1n) is 9.74. The fraction of sp³-hybridized carbons (Fsp3) is 0.364. The molecule has 2 heterocycles. The summed E-state index contributed by atoms with van der Waals surface area (Å²) in [5.74, 6) is 0.208. The summed E-state index contributed by atoms with van der Waals surface area (Å²) < 4.78 is 0. The Morgan fingerprint density at radius 3 is 2.29 bits per heavy atom. The number of halogens is 1. The van der Waals surface area contributed by atoms with Crippen LogP contribution in [0.2, 0.25) is 5.02 Å². The SMILES string of the molecule is Cc1cc(Cl)ccc1N1CCN(C(=O)c2ccc(N3CCCC3=O)cc2)CC1. The highest BCUT2D eigenvalue weighted by Crippen LogP contribution is 2.25. The number of piperazine rings is 1. The molecule has 2 fully saturated rings. The molecule has 2 aliphatic rings. The summed E-state index contributed by atoms with van der Waals surface area (Å²) in [6.07, 6.45) is 1.51. The average Bonchev–Trinajstić information content (AvgIpc) is 3.14. The Kier molecular flexibility index (Phi) is 5.27. The number of rotatable bonds is 3. The number of anilines is 2. The van der Waals surface area contributed by atoms with Crippen molar-refractivity contribution in [3.63, 3.8) is 0 Å². The van der Waals surface area contributed by atoms with Crippen molar-refractivity contribution in [2.45, 2.75) is 19.8 Å². The van der Waals surface area contributed by atoms with Crippen LogP contribution in [-0.4, -0.2) is 49.4 Å². The Bertz CT molecular complexity index is 889. The number of aryl methyl sites for hydroxylation is 1. The van der Waals surface area contributed by atoms with Gasteiger partial charge in [0.05, 0.1) is 0 Å². The third kappa shape index (κ3) is 3.72. The van der Waals surface area contributed by atoms with Crippen LogP contribution < -0.4 is 9.80 Å². The van der Waals surface area contributed by atoms with E-state index in [1.54, 1.807) is 4.90 Å². The maximum Gasteiger partial charge on any atom is 0.253 e. The number of nitrogens with zero attached hydrogens (tertiary/aromatic N) is 3. The highest BCUT2D eigenvalue weighted by atomic mass is 35.5. The Balaban J connectivity index is 1.39. The van der Waals surface area contributed by atoms with Gasteiger partial charge in [0.15, 0.2) is 0 Å². The molecule has 0 spiro atoms. The first-order valence-corrected chi connectivity index (χ1v) is 10.1. The fourth-order valence-corrected chi connectivity index (χ4v) is 4.24. The van der Waals surface area contributed by atoms with Gasteiger partial charge >= 0.3 is 0 Å². The minimum atomic E-state index is 0.0479. The lowest BCUT2D eigenvalue weighted by Gasteiger charge is -2.37. The van der Waals surface area contributed by atoms with E-state index in [2.05, 4.69) is 11.8 Å².